The van der Waals surface area contributed by atoms with Gasteiger partial charge in [-0.2, -0.15) is 0 Å². The zero-order valence-corrected chi connectivity index (χ0v) is 11.8. The third-order valence-corrected chi connectivity index (χ3v) is 4.16. The van der Waals surface area contributed by atoms with Gasteiger partial charge in [0.25, 0.3) is 0 Å². The van der Waals surface area contributed by atoms with E-state index in [1.165, 1.54) is 0 Å². The summed E-state index contributed by atoms with van der Waals surface area (Å²) in [6.45, 7) is 4.17. The van der Waals surface area contributed by atoms with Crippen molar-refractivity contribution in [2.24, 2.45) is 5.92 Å². The number of rotatable bonds is 3. The van der Waals surface area contributed by atoms with E-state index >= 15 is 0 Å². The number of aliphatic carboxylic acids is 1. The highest BCUT2D eigenvalue weighted by atomic mass is 16.4. The lowest BCUT2D eigenvalue weighted by Gasteiger charge is -2.19. The summed E-state index contributed by atoms with van der Waals surface area (Å²) < 4.78 is 2.10. The summed E-state index contributed by atoms with van der Waals surface area (Å²) in [5.74, 6) is -0.130. The lowest BCUT2D eigenvalue weighted by Crippen LogP contribution is -2.20. The minimum atomic E-state index is -0.706. The fourth-order valence-electron chi connectivity index (χ4n) is 3.28. The maximum absolute atomic E-state index is 11.4. The molecule has 0 aromatic carbocycles. The molecule has 1 aliphatic rings. The van der Waals surface area contributed by atoms with E-state index in [0.29, 0.717) is 0 Å². The number of fused-ring (bicyclic) bond motifs is 1. The van der Waals surface area contributed by atoms with E-state index in [4.69, 9.17) is 0 Å². The predicted octanol–water partition coefficient (Wildman–Crippen LogP) is 2.98. The predicted molar refractivity (Wildman–Crippen MR) is 75.6 cm³/mol. The normalized spacial score (nSPS) is 22.8. The maximum atomic E-state index is 11.4. The van der Waals surface area contributed by atoms with Crippen LogP contribution in [0.5, 0.6) is 0 Å². The molecule has 1 fully saturated rings. The highest BCUT2D eigenvalue weighted by molar-refractivity contribution is 5.74. The molecule has 2 unspecified atom stereocenters. The summed E-state index contributed by atoms with van der Waals surface area (Å²) in [7, 11) is 0. The molecule has 0 amide bonds. The van der Waals surface area contributed by atoms with Gasteiger partial charge in [0.1, 0.15) is 11.3 Å². The summed E-state index contributed by atoms with van der Waals surface area (Å²) in [6, 6.07) is 4.03. The van der Waals surface area contributed by atoms with Crippen LogP contribution in [-0.4, -0.2) is 25.6 Å². The Hall–Kier alpha value is -1.91. The Morgan fingerprint density at radius 1 is 1.45 bits per heavy atom. The van der Waals surface area contributed by atoms with Crippen molar-refractivity contribution in [2.45, 2.75) is 45.1 Å². The van der Waals surface area contributed by atoms with E-state index in [0.717, 1.165) is 36.3 Å². The molecule has 1 aliphatic carbocycles. The van der Waals surface area contributed by atoms with Gasteiger partial charge in [-0.1, -0.05) is 6.42 Å². The Balaban J connectivity index is 2.15. The van der Waals surface area contributed by atoms with Gasteiger partial charge in [-0.05, 0) is 38.8 Å². The zero-order chi connectivity index (χ0) is 14.3. The first-order chi connectivity index (χ1) is 9.59. The third kappa shape index (κ3) is 1.97. The number of carbonyl (C=O) groups is 1. The van der Waals surface area contributed by atoms with E-state index in [1.54, 1.807) is 6.20 Å². The van der Waals surface area contributed by atoms with Gasteiger partial charge in [-0.15, -0.1) is 0 Å². The molecule has 1 saturated carbocycles. The number of aromatic nitrogens is 3. The van der Waals surface area contributed by atoms with Gasteiger partial charge in [-0.25, -0.2) is 9.97 Å². The molecule has 2 aromatic rings. The molecule has 0 saturated heterocycles. The summed E-state index contributed by atoms with van der Waals surface area (Å²) in [6.07, 6.45) is 4.36. The average Bonchev–Trinajstić information content (AvgIpc) is 3.02. The van der Waals surface area contributed by atoms with E-state index in [9.17, 15) is 9.90 Å². The van der Waals surface area contributed by atoms with E-state index in [1.807, 2.05) is 12.1 Å². The van der Waals surface area contributed by atoms with Gasteiger partial charge >= 0.3 is 5.97 Å². The third-order valence-electron chi connectivity index (χ3n) is 4.16. The monoisotopic (exact) mass is 273 g/mol. The molecule has 0 radical (unpaired) electrons. The molecule has 0 spiro atoms. The van der Waals surface area contributed by atoms with Crippen LogP contribution < -0.4 is 0 Å². The number of hydrogen-bond acceptors (Lipinski definition) is 3. The molecule has 20 heavy (non-hydrogen) atoms. The Morgan fingerprint density at radius 3 is 2.95 bits per heavy atom. The molecule has 2 heterocycles. The van der Waals surface area contributed by atoms with Crippen molar-refractivity contribution in [3.8, 4) is 0 Å². The molecule has 3 rings (SSSR count). The van der Waals surface area contributed by atoms with E-state index in [2.05, 4.69) is 28.4 Å². The first kappa shape index (κ1) is 13.1. The summed E-state index contributed by atoms with van der Waals surface area (Å²) in [4.78, 5) is 20.5. The van der Waals surface area contributed by atoms with Crippen LogP contribution in [0.25, 0.3) is 11.2 Å². The topological polar surface area (TPSA) is 68.0 Å². The fourth-order valence-corrected chi connectivity index (χ4v) is 3.28. The minimum Gasteiger partial charge on any atom is -0.481 e. The SMILES string of the molecule is CC(C)n1c(C2CCCC2C(=O)O)nc2cccnc21. The van der Waals surface area contributed by atoms with Crippen LogP contribution in [0.3, 0.4) is 0 Å². The standard InChI is InChI=1S/C15H19N3O2/c1-9(2)18-13(10-5-3-6-11(10)15(19)20)17-12-7-4-8-16-14(12)18/h4,7-11H,3,5-6H2,1-2H3,(H,19,20). The molecule has 2 atom stereocenters. The van der Waals surface area contributed by atoms with Crippen molar-refractivity contribution in [3.63, 3.8) is 0 Å². The first-order valence-corrected chi connectivity index (χ1v) is 7.15. The van der Waals surface area contributed by atoms with Crippen LogP contribution in [-0.2, 0) is 4.79 Å². The lowest BCUT2D eigenvalue weighted by molar-refractivity contribution is -0.142. The zero-order valence-electron chi connectivity index (χ0n) is 11.8. The maximum Gasteiger partial charge on any atom is 0.307 e. The first-order valence-electron chi connectivity index (χ1n) is 7.15. The Labute approximate surface area is 117 Å². The number of nitrogens with zero attached hydrogens (tertiary/aromatic N) is 3. The summed E-state index contributed by atoms with van der Waals surface area (Å²) in [5.41, 5.74) is 1.71. The van der Waals surface area contributed by atoms with Crippen LogP contribution in [0, 0.1) is 5.92 Å². The Bertz CT molecular complexity index is 648. The molecule has 2 aromatic heterocycles. The average molecular weight is 273 g/mol. The van der Waals surface area contributed by atoms with Crippen LogP contribution >= 0.6 is 0 Å². The molecule has 5 nitrogen and oxygen atoms in total. The van der Waals surface area contributed by atoms with Gasteiger partial charge in [-0.3, -0.25) is 4.79 Å². The second-order valence-corrected chi connectivity index (χ2v) is 5.76. The molecular weight excluding hydrogens is 254 g/mol. The smallest absolute Gasteiger partial charge is 0.307 e. The fraction of sp³-hybridized carbons (Fsp3) is 0.533. The molecule has 0 bridgehead atoms. The summed E-state index contributed by atoms with van der Waals surface area (Å²) >= 11 is 0. The number of carboxylic acid groups (broad SMARTS) is 1. The molecule has 5 heteroatoms. The highest BCUT2D eigenvalue weighted by Gasteiger charge is 2.37. The van der Waals surface area contributed by atoms with Crippen LogP contribution in [0.1, 0.15) is 50.9 Å². The largest absolute Gasteiger partial charge is 0.481 e. The van der Waals surface area contributed by atoms with Crippen molar-refractivity contribution >= 4 is 17.1 Å². The van der Waals surface area contributed by atoms with Crippen LogP contribution in [0.15, 0.2) is 18.3 Å². The van der Waals surface area contributed by atoms with Crippen molar-refractivity contribution in [1.29, 1.82) is 0 Å². The summed E-state index contributed by atoms with van der Waals surface area (Å²) in [5, 5.41) is 9.40. The number of carboxylic acids is 1. The Kier molecular flexibility index (Phi) is 3.20. The van der Waals surface area contributed by atoms with Crippen molar-refractivity contribution in [3.05, 3.63) is 24.2 Å². The Morgan fingerprint density at radius 2 is 2.25 bits per heavy atom. The lowest BCUT2D eigenvalue weighted by atomic mass is 9.95. The molecule has 106 valence electrons. The second kappa shape index (κ2) is 4.89. The van der Waals surface area contributed by atoms with E-state index < -0.39 is 5.97 Å². The number of pyridine rings is 1. The van der Waals surface area contributed by atoms with Gasteiger partial charge in [0.2, 0.25) is 0 Å². The molecule has 0 aliphatic heterocycles. The molecule has 1 N–H and O–H groups in total. The van der Waals surface area contributed by atoms with Gasteiger partial charge in [0, 0.05) is 18.2 Å². The number of hydrogen-bond donors (Lipinski definition) is 1. The van der Waals surface area contributed by atoms with Gasteiger partial charge in [0.15, 0.2) is 5.65 Å². The van der Waals surface area contributed by atoms with E-state index in [-0.39, 0.29) is 17.9 Å². The number of imidazole rings is 1. The van der Waals surface area contributed by atoms with Gasteiger partial charge in [0.05, 0.1) is 5.92 Å². The van der Waals surface area contributed by atoms with Crippen molar-refractivity contribution in [1.82, 2.24) is 14.5 Å². The van der Waals surface area contributed by atoms with Crippen molar-refractivity contribution in [2.75, 3.05) is 0 Å². The van der Waals surface area contributed by atoms with Gasteiger partial charge < -0.3 is 9.67 Å². The van der Waals surface area contributed by atoms with Crippen LogP contribution in [0.2, 0.25) is 0 Å². The van der Waals surface area contributed by atoms with Crippen molar-refractivity contribution < 1.29 is 9.90 Å². The minimum absolute atomic E-state index is 0.00380. The highest BCUT2D eigenvalue weighted by Crippen LogP contribution is 2.40. The quantitative estimate of drug-likeness (QED) is 0.933. The van der Waals surface area contributed by atoms with Crippen LogP contribution in [0.4, 0.5) is 0 Å². The molecular formula is C15H19N3O2. The second-order valence-electron chi connectivity index (χ2n) is 5.76.